The van der Waals surface area contributed by atoms with Crippen LogP contribution in [-0.2, 0) is 7.05 Å². The fourth-order valence-electron chi connectivity index (χ4n) is 3.64. The second kappa shape index (κ2) is 7.00. The lowest BCUT2D eigenvalue weighted by atomic mass is 10.0. The lowest BCUT2D eigenvalue weighted by Gasteiger charge is -2.32. The fourth-order valence-corrected chi connectivity index (χ4v) is 3.64. The summed E-state index contributed by atoms with van der Waals surface area (Å²) in [5.74, 6) is 0.0114. The lowest BCUT2D eigenvalue weighted by molar-refractivity contribution is 0.0664. The number of hydrogen-bond acceptors (Lipinski definition) is 3. The summed E-state index contributed by atoms with van der Waals surface area (Å²) in [6.45, 7) is 3.24. The minimum absolute atomic E-state index is 0.0228. The third-order valence-corrected chi connectivity index (χ3v) is 5.31. The molecule has 0 aliphatic carbocycles. The van der Waals surface area contributed by atoms with E-state index in [0.717, 1.165) is 37.1 Å². The monoisotopic (exact) mass is 361 g/mol. The molecule has 0 bridgehead atoms. The molecule has 0 saturated carbocycles. The second-order valence-corrected chi connectivity index (χ2v) is 7.18. The number of carbonyl (C=O) groups is 2. The van der Waals surface area contributed by atoms with E-state index in [-0.39, 0.29) is 11.7 Å². The van der Waals surface area contributed by atoms with Gasteiger partial charge in [0.25, 0.3) is 5.91 Å². The summed E-state index contributed by atoms with van der Waals surface area (Å²) in [7, 11) is 3.99. The second-order valence-electron chi connectivity index (χ2n) is 7.18. The number of piperazine rings is 1. The zero-order valence-corrected chi connectivity index (χ0v) is 15.7. The van der Waals surface area contributed by atoms with Gasteiger partial charge in [-0.15, -0.1) is 0 Å². The molecular formula is C22H23N3O2. The van der Waals surface area contributed by atoms with Crippen molar-refractivity contribution in [3.05, 3.63) is 71.4 Å². The topological polar surface area (TPSA) is 45.6 Å². The van der Waals surface area contributed by atoms with Crippen molar-refractivity contribution >= 4 is 22.6 Å². The first kappa shape index (κ1) is 17.5. The molecule has 4 rings (SSSR count). The highest BCUT2D eigenvalue weighted by Gasteiger charge is 2.22. The van der Waals surface area contributed by atoms with E-state index in [9.17, 15) is 9.59 Å². The maximum absolute atomic E-state index is 13.0. The van der Waals surface area contributed by atoms with Crippen LogP contribution in [0.25, 0.3) is 10.9 Å². The Morgan fingerprint density at radius 1 is 0.852 bits per heavy atom. The average molecular weight is 361 g/mol. The molecule has 1 amide bonds. The van der Waals surface area contributed by atoms with Gasteiger partial charge in [0.05, 0.1) is 0 Å². The molecule has 2 aromatic carbocycles. The van der Waals surface area contributed by atoms with Gasteiger partial charge in [-0.3, -0.25) is 9.59 Å². The number of carbonyl (C=O) groups excluding carboxylic acids is 2. The SMILES string of the molecule is CN1CCN(C(=O)c2ccc3c(c2)c(C(=O)c2ccccc2)cn3C)CC1. The number of aromatic nitrogens is 1. The van der Waals surface area contributed by atoms with Crippen LogP contribution in [0.5, 0.6) is 0 Å². The molecule has 5 nitrogen and oxygen atoms in total. The smallest absolute Gasteiger partial charge is 0.253 e. The summed E-state index contributed by atoms with van der Waals surface area (Å²) < 4.78 is 1.94. The molecule has 5 heteroatoms. The van der Waals surface area contributed by atoms with Gasteiger partial charge >= 0.3 is 0 Å². The van der Waals surface area contributed by atoms with Crippen molar-refractivity contribution in [1.29, 1.82) is 0 Å². The van der Waals surface area contributed by atoms with Gasteiger partial charge in [-0.2, -0.15) is 0 Å². The maximum atomic E-state index is 13.0. The van der Waals surface area contributed by atoms with E-state index >= 15 is 0 Å². The summed E-state index contributed by atoms with van der Waals surface area (Å²) in [6.07, 6.45) is 1.85. The molecular weight excluding hydrogens is 338 g/mol. The summed E-state index contributed by atoms with van der Waals surface area (Å²) in [5.41, 5.74) is 2.87. The number of fused-ring (bicyclic) bond motifs is 1. The predicted octanol–water partition coefficient (Wildman–Crippen LogP) is 2.80. The molecule has 0 unspecified atom stereocenters. The van der Waals surface area contributed by atoms with Gasteiger partial charge < -0.3 is 14.4 Å². The average Bonchev–Trinajstić information content (AvgIpc) is 3.04. The summed E-state index contributed by atoms with van der Waals surface area (Å²) in [5, 5.41) is 0.825. The van der Waals surface area contributed by atoms with Gasteiger partial charge in [-0.05, 0) is 25.2 Å². The highest BCUT2D eigenvalue weighted by atomic mass is 16.2. The van der Waals surface area contributed by atoms with E-state index in [4.69, 9.17) is 0 Å². The van der Waals surface area contributed by atoms with Crippen molar-refractivity contribution in [3.63, 3.8) is 0 Å². The van der Waals surface area contributed by atoms with Crippen molar-refractivity contribution in [2.24, 2.45) is 7.05 Å². The zero-order valence-electron chi connectivity index (χ0n) is 15.7. The Labute approximate surface area is 158 Å². The number of ketones is 1. The van der Waals surface area contributed by atoms with E-state index in [1.807, 2.05) is 71.2 Å². The highest BCUT2D eigenvalue weighted by Crippen LogP contribution is 2.25. The Kier molecular flexibility index (Phi) is 4.54. The molecule has 1 fully saturated rings. The van der Waals surface area contributed by atoms with Crippen molar-refractivity contribution in [2.45, 2.75) is 0 Å². The summed E-state index contributed by atoms with van der Waals surface area (Å²) in [6, 6.07) is 14.9. The van der Waals surface area contributed by atoms with Crippen LogP contribution in [0.4, 0.5) is 0 Å². The Hall–Kier alpha value is -2.92. The minimum Gasteiger partial charge on any atom is -0.350 e. The first-order chi connectivity index (χ1) is 13.0. The van der Waals surface area contributed by atoms with Gasteiger partial charge in [0.15, 0.2) is 5.78 Å². The van der Waals surface area contributed by atoms with Gasteiger partial charge in [0.1, 0.15) is 0 Å². The molecule has 138 valence electrons. The summed E-state index contributed by atoms with van der Waals surface area (Å²) in [4.78, 5) is 30.0. The Bertz CT molecular complexity index is 999. The molecule has 1 aliphatic rings. The van der Waals surface area contributed by atoms with Crippen LogP contribution in [0.15, 0.2) is 54.7 Å². The van der Waals surface area contributed by atoms with Crippen LogP contribution in [-0.4, -0.2) is 59.3 Å². The molecule has 0 spiro atoms. The molecule has 2 heterocycles. The standard InChI is InChI=1S/C22H23N3O2/c1-23-10-12-25(13-11-23)22(27)17-8-9-20-18(14-17)19(15-24(20)2)21(26)16-6-4-3-5-7-16/h3-9,14-15H,10-13H2,1-2H3. The largest absolute Gasteiger partial charge is 0.350 e. The predicted molar refractivity (Wildman–Crippen MR) is 106 cm³/mol. The third-order valence-electron chi connectivity index (χ3n) is 5.31. The first-order valence-corrected chi connectivity index (χ1v) is 9.21. The molecule has 3 aromatic rings. The molecule has 0 atom stereocenters. The molecule has 1 aliphatic heterocycles. The third kappa shape index (κ3) is 3.26. The van der Waals surface area contributed by atoms with E-state index in [0.29, 0.717) is 16.7 Å². The van der Waals surface area contributed by atoms with E-state index in [1.54, 1.807) is 0 Å². The molecule has 0 radical (unpaired) electrons. The Balaban J connectivity index is 1.71. The molecule has 1 saturated heterocycles. The fraction of sp³-hybridized carbons (Fsp3) is 0.273. The van der Waals surface area contributed by atoms with Crippen molar-refractivity contribution < 1.29 is 9.59 Å². The van der Waals surface area contributed by atoms with Crippen LogP contribution in [0.1, 0.15) is 26.3 Å². The van der Waals surface area contributed by atoms with Crippen LogP contribution in [0.2, 0.25) is 0 Å². The van der Waals surface area contributed by atoms with Gasteiger partial charge in [0, 0.05) is 67.0 Å². The molecule has 27 heavy (non-hydrogen) atoms. The van der Waals surface area contributed by atoms with Crippen molar-refractivity contribution in [1.82, 2.24) is 14.4 Å². The highest BCUT2D eigenvalue weighted by molar-refractivity contribution is 6.17. The van der Waals surface area contributed by atoms with E-state index in [1.165, 1.54) is 0 Å². The number of aryl methyl sites for hydroxylation is 1. The number of benzene rings is 2. The quantitative estimate of drug-likeness (QED) is 0.674. The zero-order chi connectivity index (χ0) is 19.0. The first-order valence-electron chi connectivity index (χ1n) is 9.21. The van der Waals surface area contributed by atoms with Crippen molar-refractivity contribution in [3.8, 4) is 0 Å². The van der Waals surface area contributed by atoms with E-state index < -0.39 is 0 Å². The number of hydrogen-bond donors (Lipinski definition) is 0. The summed E-state index contributed by atoms with van der Waals surface area (Å²) >= 11 is 0. The Morgan fingerprint density at radius 2 is 1.56 bits per heavy atom. The van der Waals surface area contributed by atoms with Gasteiger partial charge in [0.2, 0.25) is 0 Å². The van der Waals surface area contributed by atoms with Gasteiger partial charge in [-0.1, -0.05) is 30.3 Å². The molecule has 1 aromatic heterocycles. The van der Waals surface area contributed by atoms with Crippen LogP contribution >= 0.6 is 0 Å². The van der Waals surface area contributed by atoms with Crippen LogP contribution in [0.3, 0.4) is 0 Å². The Morgan fingerprint density at radius 3 is 2.26 bits per heavy atom. The van der Waals surface area contributed by atoms with Gasteiger partial charge in [-0.25, -0.2) is 0 Å². The number of rotatable bonds is 3. The minimum atomic E-state index is -0.0228. The van der Waals surface area contributed by atoms with Crippen LogP contribution < -0.4 is 0 Å². The molecule has 0 N–H and O–H groups in total. The van der Waals surface area contributed by atoms with E-state index in [2.05, 4.69) is 11.9 Å². The number of amides is 1. The number of likely N-dealkylation sites (N-methyl/N-ethyl adjacent to an activating group) is 1. The van der Waals surface area contributed by atoms with Crippen molar-refractivity contribution in [2.75, 3.05) is 33.2 Å². The normalized spacial score (nSPS) is 15.3. The number of nitrogens with zero attached hydrogens (tertiary/aromatic N) is 3. The lowest BCUT2D eigenvalue weighted by Crippen LogP contribution is -2.47. The van der Waals surface area contributed by atoms with Crippen LogP contribution in [0, 0.1) is 0 Å². The maximum Gasteiger partial charge on any atom is 0.253 e.